The second kappa shape index (κ2) is 11.5. The van der Waals surface area contributed by atoms with E-state index in [1.165, 1.54) is 36.1 Å². The van der Waals surface area contributed by atoms with Crippen LogP contribution in [0.1, 0.15) is 49.4 Å². The molecule has 0 bridgehead atoms. The van der Waals surface area contributed by atoms with Crippen molar-refractivity contribution in [3.05, 3.63) is 87.9 Å². The van der Waals surface area contributed by atoms with Crippen LogP contribution in [0, 0.1) is 0 Å². The number of carbonyl (C=O) groups is 1. The SMILES string of the molecule is CCOc1ccc(N(CC(=O)N[C@@H](C)c2ccc3c(c2)CCCC3)S(=O)(=O)c2ccc(Br)cc2)cc1. The van der Waals surface area contributed by atoms with Crippen molar-refractivity contribution in [2.24, 2.45) is 0 Å². The Labute approximate surface area is 221 Å². The number of sulfonamides is 1. The lowest BCUT2D eigenvalue weighted by molar-refractivity contribution is -0.120. The summed E-state index contributed by atoms with van der Waals surface area (Å²) in [6.07, 6.45) is 4.55. The van der Waals surface area contributed by atoms with Gasteiger partial charge in [0, 0.05) is 4.47 Å². The fourth-order valence-electron chi connectivity index (χ4n) is 4.45. The molecule has 0 heterocycles. The first-order valence-electron chi connectivity index (χ1n) is 12.2. The molecule has 36 heavy (non-hydrogen) atoms. The molecule has 0 aliphatic heterocycles. The van der Waals surface area contributed by atoms with Gasteiger partial charge in [-0.2, -0.15) is 0 Å². The highest BCUT2D eigenvalue weighted by molar-refractivity contribution is 9.10. The number of hydrogen-bond donors (Lipinski definition) is 1. The highest BCUT2D eigenvalue weighted by Gasteiger charge is 2.28. The smallest absolute Gasteiger partial charge is 0.264 e. The van der Waals surface area contributed by atoms with Crippen molar-refractivity contribution in [2.75, 3.05) is 17.5 Å². The summed E-state index contributed by atoms with van der Waals surface area (Å²) in [6, 6.07) is 19.2. The van der Waals surface area contributed by atoms with Crippen LogP contribution in [0.4, 0.5) is 5.69 Å². The van der Waals surface area contributed by atoms with Crippen LogP contribution in [-0.4, -0.2) is 27.5 Å². The fraction of sp³-hybridized carbons (Fsp3) is 0.321. The van der Waals surface area contributed by atoms with Gasteiger partial charge in [-0.1, -0.05) is 34.1 Å². The van der Waals surface area contributed by atoms with Gasteiger partial charge >= 0.3 is 0 Å². The summed E-state index contributed by atoms with van der Waals surface area (Å²) < 4.78 is 34.6. The Morgan fingerprint density at radius 3 is 2.33 bits per heavy atom. The van der Waals surface area contributed by atoms with Gasteiger partial charge in [-0.15, -0.1) is 0 Å². The molecule has 0 radical (unpaired) electrons. The average molecular weight is 572 g/mol. The minimum Gasteiger partial charge on any atom is -0.494 e. The summed E-state index contributed by atoms with van der Waals surface area (Å²) in [6.45, 7) is 3.96. The number of fused-ring (bicyclic) bond motifs is 1. The van der Waals surface area contributed by atoms with Crippen LogP contribution < -0.4 is 14.4 Å². The van der Waals surface area contributed by atoms with Crippen molar-refractivity contribution in [1.29, 1.82) is 0 Å². The van der Waals surface area contributed by atoms with Gasteiger partial charge in [-0.3, -0.25) is 9.10 Å². The number of ether oxygens (including phenoxy) is 1. The fourth-order valence-corrected chi connectivity index (χ4v) is 6.13. The van der Waals surface area contributed by atoms with Crippen molar-refractivity contribution in [2.45, 2.75) is 50.5 Å². The van der Waals surface area contributed by atoms with E-state index in [2.05, 4.69) is 39.4 Å². The molecule has 0 fully saturated rings. The van der Waals surface area contributed by atoms with Gasteiger partial charge in [0.2, 0.25) is 5.91 Å². The molecule has 1 aliphatic carbocycles. The van der Waals surface area contributed by atoms with Gasteiger partial charge < -0.3 is 10.1 Å². The lowest BCUT2D eigenvalue weighted by Crippen LogP contribution is -2.41. The van der Waals surface area contributed by atoms with E-state index in [9.17, 15) is 13.2 Å². The molecule has 1 atom stereocenters. The zero-order chi connectivity index (χ0) is 25.7. The number of rotatable bonds is 9. The Kier molecular flexibility index (Phi) is 8.36. The molecule has 0 saturated heterocycles. The summed E-state index contributed by atoms with van der Waals surface area (Å²) >= 11 is 3.34. The van der Waals surface area contributed by atoms with Gasteiger partial charge in [0.15, 0.2) is 0 Å². The lowest BCUT2D eigenvalue weighted by Gasteiger charge is -2.26. The molecule has 0 spiro atoms. The van der Waals surface area contributed by atoms with Gasteiger partial charge in [-0.25, -0.2) is 8.42 Å². The molecule has 0 unspecified atom stereocenters. The maximum atomic E-state index is 13.6. The van der Waals surface area contributed by atoms with Gasteiger partial charge in [0.25, 0.3) is 10.0 Å². The van der Waals surface area contributed by atoms with E-state index in [-0.39, 0.29) is 23.4 Å². The summed E-state index contributed by atoms with van der Waals surface area (Å²) in [5, 5.41) is 2.99. The van der Waals surface area contributed by atoms with Gasteiger partial charge in [0.1, 0.15) is 12.3 Å². The normalized spacial score (nSPS) is 14.0. The number of carbonyl (C=O) groups excluding carboxylic acids is 1. The maximum Gasteiger partial charge on any atom is 0.264 e. The van der Waals surface area contributed by atoms with Gasteiger partial charge in [-0.05, 0) is 105 Å². The first kappa shape index (κ1) is 26.2. The Morgan fingerprint density at radius 1 is 1.00 bits per heavy atom. The van der Waals surface area contributed by atoms with E-state index in [0.717, 1.165) is 27.2 Å². The van der Waals surface area contributed by atoms with Crippen LogP contribution in [0.25, 0.3) is 0 Å². The van der Waals surface area contributed by atoms with Crippen LogP contribution in [0.5, 0.6) is 5.75 Å². The largest absolute Gasteiger partial charge is 0.494 e. The summed E-state index contributed by atoms with van der Waals surface area (Å²) in [5.74, 6) is 0.252. The van der Waals surface area contributed by atoms with Crippen molar-refractivity contribution in [3.8, 4) is 5.75 Å². The minimum absolute atomic E-state index is 0.107. The number of aryl methyl sites for hydroxylation is 2. The lowest BCUT2D eigenvalue weighted by atomic mass is 9.89. The Morgan fingerprint density at radius 2 is 1.67 bits per heavy atom. The number of nitrogens with one attached hydrogen (secondary N) is 1. The quantitative estimate of drug-likeness (QED) is 0.352. The van der Waals surface area contributed by atoms with Crippen molar-refractivity contribution in [3.63, 3.8) is 0 Å². The van der Waals surface area contributed by atoms with Crippen LogP contribution in [0.2, 0.25) is 0 Å². The number of anilines is 1. The molecule has 190 valence electrons. The second-order valence-corrected chi connectivity index (χ2v) is 11.7. The summed E-state index contributed by atoms with van der Waals surface area (Å²) in [7, 11) is -3.99. The summed E-state index contributed by atoms with van der Waals surface area (Å²) in [5.41, 5.74) is 4.13. The monoisotopic (exact) mass is 570 g/mol. The first-order valence-corrected chi connectivity index (χ1v) is 14.4. The van der Waals surface area contributed by atoms with Crippen LogP contribution in [0.15, 0.2) is 76.1 Å². The van der Waals surface area contributed by atoms with Crippen LogP contribution >= 0.6 is 15.9 Å². The summed E-state index contributed by atoms with van der Waals surface area (Å²) in [4.78, 5) is 13.3. The predicted molar refractivity (Wildman–Crippen MR) is 146 cm³/mol. The van der Waals surface area contributed by atoms with E-state index in [4.69, 9.17) is 4.74 Å². The van der Waals surface area contributed by atoms with Gasteiger partial charge in [0.05, 0.1) is 23.2 Å². The molecule has 4 rings (SSSR count). The van der Waals surface area contributed by atoms with Crippen molar-refractivity contribution < 1.29 is 17.9 Å². The third-order valence-electron chi connectivity index (χ3n) is 6.37. The average Bonchev–Trinajstić information content (AvgIpc) is 2.88. The minimum atomic E-state index is -3.99. The second-order valence-electron chi connectivity index (χ2n) is 8.92. The molecular weight excluding hydrogens is 540 g/mol. The van der Waals surface area contributed by atoms with E-state index in [1.54, 1.807) is 36.4 Å². The van der Waals surface area contributed by atoms with Crippen LogP contribution in [-0.2, 0) is 27.7 Å². The van der Waals surface area contributed by atoms with E-state index < -0.39 is 10.0 Å². The van der Waals surface area contributed by atoms with E-state index >= 15 is 0 Å². The molecule has 1 amide bonds. The van der Waals surface area contributed by atoms with E-state index in [1.807, 2.05) is 13.8 Å². The number of benzene rings is 3. The number of halogens is 1. The molecule has 8 heteroatoms. The van der Waals surface area contributed by atoms with Crippen molar-refractivity contribution >= 4 is 37.5 Å². The third-order valence-corrected chi connectivity index (χ3v) is 8.69. The molecule has 3 aromatic carbocycles. The standard InChI is InChI=1S/C28H31BrN2O4S/c1-3-35-26-14-12-25(13-15-26)31(36(33,34)27-16-10-24(29)11-17-27)19-28(32)30-20(2)22-9-8-21-6-4-5-7-23(21)18-22/h8-18,20H,3-7,19H2,1-2H3,(H,30,32)/t20-/m0/s1. The molecule has 1 N–H and O–H groups in total. The predicted octanol–water partition coefficient (Wildman–Crippen LogP) is 5.80. The third kappa shape index (κ3) is 6.10. The Balaban J connectivity index is 1.57. The molecule has 1 aliphatic rings. The number of nitrogens with zero attached hydrogens (tertiary/aromatic N) is 1. The molecule has 0 aromatic heterocycles. The van der Waals surface area contributed by atoms with E-state index in [0.29, 0.717) is 18.0 Å². The Bertz CT molecular complexity index is 1310. The number of amides is 1. The zero-order valence-corrected chi connectivity index (χ0v) is 22.9. The molecule has 0 saturated carbocycles. The maximum absolute atomic E-state index is 13.6. The molecular formula is C28H31BrN2O4S. The molecule has 6 nitrogen and oxygen atoms in total. The first-order chi connectivity index (χ1) is 17.3. The van der Waals surface area contributed by atoms with Crippen molar-refractivity contribution in [1.82, 2.24) is 5.32 Å². The highest BCUT2D eigenvalue weighted by atomic mass is 79.9. The number of hydrogen-bond acceptors (Lipinski definition) is 4. The highest BCUT2D eigenvalue weighted by Crippen LogP contribution is 2.28. The molecule has 3 aromatic rings. The topological polar surface area (TPSA) is 75.7 Å². The van der Waals surface area contributed by atoms with Crippen LogP contribution in [0.3, 0.4) is 0 Å². The zero-order valence-electron chi connectivity index (χ0n) is 20.5. The Hall–Kier alpha value is -2.84.